The predicted octanol–water partition coefficient (Wildman–Crippen LogP) is 6.46. The van der Waals surface area contributed by atoms with Crippen LogP contribution in [0.4, 0.5) is 29.3 Å². The van der Waals surface area contributed by atoms with Gasteiger partial charge in [0.15, 0.2) is 0 Å². The van der Waals surface area contributed by atoms with Crippen LogP contribution in [0.25, 0.3) is 0 Å². The van der Waals surface area contributed by atoms with Crippen LogP contribution in [0.2, 0.25) is 0 Å². The van der Waals surface area contributed by atoms with E-state index >= 15 is 0 Å². The summed E-state index contributed by atoms with van der Waals surface area (Å²) >= 11 is 0. The van der Waals surface area contributed by atoms with Crippen molar-refractivity contribution in [3.05, 3.63) is 89.5 Å². The quantitative estimate of drug-likeness (QED) is 0.243. The fourth-order valence-electron chi connectivity index (χ4n) is 3.86. The van der Waals surface area contributed by atoms with Crippen molar-refractivity contribution in [2.24, 2.45) is 0 Å². The number of urea groups is 1. The molecule has 11 heteroatoms. The molecule has 3 aromatic carbocycles. The number of nitrogens with one attached hydrogen (secondary N) is 2. The fourth-order valence-corrected chi connectivity index (χ4v) is 3.86. The van der Waals surface area contributed by atoms with Gasteiger partial charge >= 0.3 is 18.4 Å². The molecule has 0 atom stereocenters. The van der Waals surface area contributed by atoms with Crippen molar-refractivity contribution in [2.75, 3.05) is 23.9 Å². The van der Waals surface area contributed by atoms with Crippen LogP contribution < -0.4 is 20.3 Å². The van der Waals surface area contributed by atoms with Gasteiger partial charge in [-0.25, -0.2) is 4.79 Å². The number of anilines is 2. The van der Waals surface area contributed by atoms with E-state index in [2.05, 4.69) is 27.0 Å². The summed E-state index contributed by atoms with van der Waals surface area (Å²) < 4.78 is 45.9. The third kappa shape index (κ3) is 10.2. The zero-order chi connectivity index (χ0) is 29.8. The molecule has 0 aliphatic rings. The Labute approximate surface area is 236 Å². The number of esters is 1. The van der Waals surface area contributed by atoms with Crippen molar-refractivity contribution in [3.63, 3.8) is 0 Å². The van der Waals surface area contributed by atoms with Crippen LogP contribution in [-0.4, -0.2) is 37.9 Å². The van der Waals surface area contributed by atoms with Crippen LogP contribution in [0.5, 0.6) is 5.75 Å². The number of ether oxygens (including phenoxy) is 2. The highest BCUT2D eigenvalue weighted by atomic mass is 19.4. The number of methoxy groups -OCH3 is 1. The van der Waals surface area contributed by atoms with Gasteiger partial charge in [0.2, 0.25) is 0 Å². The summed E-state index contributed by atoms with van der Waals surface area (Å²) in [6.07, 6.45) is -1.75. The Morgan fingerprint density at radius 2 is 1.51 bits per heavy atom. The van der Waals surface area contributed by atoms with E-state index in [1.54, 1.807) is 24.3 Å². The summed E-state index contributed by atoms with van der Waals surface area (Å²) in [7, 11) is 1.27. The van der Waals surface area contributed by atoms with Crippen LogP contribution in [0, 0.1) is 0 Å². The predicted molar refractivity (Wildman–Crippen MR) is 149 cm³/mol. The molecule has 41 heavy (non-hydrogen) atoms. The third-order valence-electron chi connectivity index (χ3n) is 6.05. The number of amides is 3. The number of alkyl halides is 3. The van der Waals surface area contributed by atoms with Gasteiger partial charge in [0.1, 0.15) is 5.75 Å². The fraction of sp³-hybridized carbons (Fsp3) is 0.300. The molecule has 0 unspecified atom stereocenters. The Bertz CT molecular complexity index is 1290. The number of aryl methyl sites for hydroxylation is 1. The van der Waals surface area contributed by atoms with Crippen LogP contribution in [0.15, 0.2) is 72.8 Å². The average molecular weight is 572 g/mol. The van der Waals surface area contributed by atoms with Crippen LogP contribution >= 0.6 is 0 Å². The number of carbonyl (C=O) groups is 3. The first-order valence-electron chi connectivity index (χ1n) is 13.0. The lowest BCUT2D eigenvalue weighted by molar-refractivity contribution is -0.274. The lowest BCUT2D eigenvalue weighted by atomic mass is 10.1. The molecule has 2 N–H and O–H groups in total. The first-order valence-corrected chi connectivity index (χ1v) is 13.0. The first kappa shape index (κ1) is 31.0. The summed E-state index contributed by atoms with van der Waals surface area (Å²) in [5.74, 6) is -1.18. The maximum absolute atomic E-state index is 13.4. The number of nitrogens with zero attached hydrogens (tertiary/aromatic N) is 1. The van der Waals surface area contributed by atoms with E-state index in [4.69, 9.17) is 0 Å². The molecular weight excluding hydrogens is 539 g/mol. The molecule has 3 amide bonds. The highest BCUT2D eigenvalue weighted by Crippen LogP contribution is 2.25. The van der Waals surface area contributed by atoms with Gasteiger partial charge in [-0.2, -0.15) is 0 Å². The molecule has 8 nitrogen and oxygen atoms in total. The van der Waals surface area contributed by atoms with Crippen molar-refractivity contribution in [1.82, 2.24) is 5.32 Å². The lowest BCUT2D eigenvalue weighted by Gasteiger charge is -2.24. The van der Waals surface area contributed by atoms with Gasteiger partial charge < -0.3 is 20.1 Å². The van der Waals surface area contributed by atoms with Gasteiger partial charge in [0.05, 0.1) is 20.1 Å². The standard InChI is InChI=1S/C30H32F3N3O5/c1-3-4-5-21-8-14-25(15-9-21)36(29(39)35-24-12-16-26(17-13-24)41-30(31,32)33)20-22-6-10-23(11-7-22)28(38)34-19-18-27(37)40-2/h6-17H,3-5,18-20H2,1-2H3,(H,34,38)(H,35,39). The zero-order valence-corrected chi connectivity index (χ0v) is 22.8. The summed E-state index contributed by atoms with van der Waals surface area (Å²) in [5.41, 5.74) is 3.16. The van der Waals surface area contributed by atoms with Crippen molar-refractivity contribution >= 4 is 29.3 Å². The Hall–Kier alpha value is -4.54. The molecule has 0 saturated carbocycles. The number of halogens is 3. The van der Waals surface area contributed by atoms with E-state index in [-0.39, 0.29) is 31.1 Å². The number of unbranched alkanes of at least 4 members (excludes halogenated alkanes) is 1. The minimum absolute atomic E-state index is 0.0553. The Balaban J connectivity index is 1.75. The van der Waals surface area contributed by atoms with Gasteiger partial charge in [-0.15, -0.1) is 13.2 Å². The van der Waals surface area contributed by atoms with E-state index < -0.39 is 24.1 Å². The number of rotatable bonds is 12. The van der Waals surface area contributed by atoms with E-state index in [0.717, 1.165) is 42.5 Å². The molecule has 0 aromatic heterocycles. The minimum atomic E-state index is -4.82. The first-order chi connectivity index (χ1) is 19.6. The van der Waals surface area contributed by atoms with Crippen molar-refractivity contribution in [2.45, 2.75) is 45.5 Å². The maximum atomic E-state index is 13.4. The van der Waals surface area contributed by atoms with Gasteiger partial charge in [0.25, 0.3) is 5.91 Å². The highest BCUT2D eigenvalue weighted by Gasteiger charge is 2.31. The highest BCUT2D eigenvalue weighted by molar-refractivity contribution is 6.01. The largest absolute Gasteiger partial charge is 0.573 e. The lowest BCUT2D eigenvalue weighted by Crippen LogP contribution is -2.34. The summed E-state index contributed by atoms with van der Waals surface area (Å²) in [4.78, 5) is 38.5. The Morgan fingerprint density at radius 3 is 2.10 bits per heavy atom. The Morgan fingerprint density at radius 1 is 0.878 bits per heavy atom. The number of benzene rings is 3. The van der Waals surface area contributed by atoms with E-state index in [1.165, 1.54) is 24.1 Å². The topological polar surface area (TPSA) is 97.0 Å². The Kier molecular flexibility index (Phi) is 11.1. The molecule has 0 spiro atoms. The third-order valence-corrected chi connectivity index (χ3v) is 6.05. The van der Waals surface area contributed by atoms with Gasteiger partial charge in [-0.1, -0.05) is 37.6 Å². The average Bonchev–Trinajstić information content (AvgIpc) is 2.95. The summed E-state index contributed by atoms with van der Waals surface area (Å²) in [6.45, 7) is 2.40. The molecule has 3 rings (SSSR count). The number of hydrogen-bond acceptors (Lipinski definition) is 5. The SMILES string of the molecule is CCCCc1ccc(N(Cc2ccc(C(=O)NCCC(=O)OC)cc2)C(=O)Nc2ccc(OC(F)(F)F)cc2)cc1. The monoisotopic (exact) mass is 571 g/mol. The van der Waals surface area contributed by atoms with Crippen LogP contribution in [-0.2, 0) is 22.5 Å². The smallest absolute Gasteiger partial charge is 0.469 e. The molecular formula is C30H32F3N3O5. The second-order valence-electron chi connectivity index (χ2n) is 9.14. The van der Waals surface area contributed by atoms with E-state index in [1.807, 2.05) is 24.3 Å². The van der Waals surface area contributed by atoms with Gasteiger partial charge in [-0.3, -0.25) is 14.5 Å². The number of hydrogen-bond donors (Lipinski definition) is 2. The second-order valence-corrected chi connectivity index (χ2v) is 9.14. The molecule has 0 fully saturated rings. The zero-order valence-electron chi connectivity index (χ0n) is 22.8. The molecule has 0 saturated heterocycles. The second kappa shape index (κ2) is 14.7. The normalized spacial score (nSPS) is 11.0. The molecule has 0 bridgehead atoms. The van der Waals surface area contributed by atoms with E-state index in [9.17, 15) is 27.6 Å². The van der Waals surface area contributed by atoms with Crippen molar-refractivity contribution in [1.29, 1.82) is 0 Å². The van der Waals surface area contributed by atoms with Crippen molar-refractivity contribution < 1.29 is 37.0 Å². The molecule has 0 radical (unpaired) electrons. The van der Waals surface area contributed by atoms with Gasteiger partial charge in [0, 0.05) is 23.5 Å². The molecule has 218 valence electrons. The number of carbonyl (C=O) groups excluding carboxylic acids is 3. The molecule has 0 aliphatic heterocycles. The van der Waals surface area contributed by atoms with Gasteiger partial charge in [-0.05, 0) is 72.5 Å². The summed E-state index contributed by atoms with van der Waals surface area (Å²) in [5, 5.41) is 5.36. The minimum Gasteiger partial charge on any atom is -0.469 e. The van der Waals surface area contributed by atoms with Crippen LogP contribution in [0.1, 0.15) is 47.7 Å². The maximum Gasteiger partial charge on any atom is 0.573 e. The van der Waals surface area contributed by atoms with Crippen molar-refractivity contribution in [3.8, 4) is 5.75 Å². The summed E-state index contributed by atoms with van der Waals surface area (Å²) in [6, 6.07) is 18.6. The molecule has 3 aromatic rings. The molecule has 0 heterocycles. The van der Waals surface area contributed by atoms with Crippen LogP contribution in [0.3, 0.4) is 0 Å². The molecule has 0 aliphatic carbocycles. The van der Waals surface area contributed by atoms with E-state index in [0.29, 0.717) is 11.3 Å².